The van der Waals surface area contributed by atoms with Crippen LogP contribution in [0.5, 0.6) is 0 Å². The predicted octanol–water partition coefficient (Wildman–Crippen LogP) is 4.01. The number of benzene rings is 2. The fourth-order valence-electron chi connectivity index (χ4n) is 5.68. The zero-order chi connectivity index (χ0) is 26.2. The SMILES string of the molecule is Cn1c(=O)n(Cc2nccc3ccccc23)c(=O)c2c1c(C#N)c(N1CCCCC1)n2Cc1ccccc1. The maximum Gasteiger partial charge on any atom is 0.331 e. The summed E-state index contributed by atoms with van der Waals surface area (Å²) >= 11 is 0. The van der Waals surface area contributed by atoms with E-state index in [9.17, 15) is 14.9 Å². The Kier molecular flexibility index (Phi) is 6.04. The Hall–Kier alpha value is -4.64. The highest BCUT2D eigenvalue weighted by molar-refractivity contribution is 5.90. The normalized spacial score (nSPS) is 13.7. The molecule has 2 aromatic carbocycles. The van der Waals surface area contributed by atoms with Crippen LogP contribution < -0.4 is 16.1 Å². The second kappa shape index (κ2) is 9.67. The zero-order valence-corrected chi connectivity index (χ0v) is 21.3. The maximum atomic E-state index is 14.2. The summed E-state index contributed by atoms with van der Waals surface area (Å²) < 4.78 is 4.65. The number of aromatic nitrogens is 4. The van der Waals surface area contributed by atoms with Gasteiger partial charge >= 0.3 is 5.69 Å². The van der Waals surface area contributed by atoms with Crippen molar-refractivity contribution in [3.63, 3.8) is 0 Å². The van der Waals surface area contributed by atoms with Gasteiger partial charge in [0.05, 0.1) is 17.8 Å². The minimum Gasteiger partial charge on any atom is -0.357 e. The van der Waals surface area contributed by atoms with Gasteiger partial charge in [-0.05, 0) is 36.3 Å². The minimum atomic E-state index is -0.462. The molecule has 0 unspecified atom stereocenters. The van der Waals surface area contributed by atoms with Gasteiger partial charge < -0.3 is 9.47 Å². The van der Waals surface area contributed by atoms with E-state index in [1.165, 1.54) is 9.13 Å². The molecule has 6 rings (SSSR count). The van der Waals surface area contributed by atoms with Crippen molar-refractivity contribution < 1.29 is 0 Å². The average Bonchev–Trinajstić information content (AvgIpc) is 3.29. The Labute approximate surface area is 219 Å². The number of rotatable bonds is 5. The number of piperidine rings is 1. The van der Waals surface area contributed by atoms with Crippen LogP contribution in [0.15, 0.2) is 76.4 Å². The van der Waals surface area contributed by atoms with Crippen molar-refractivity contribution in [2.75, 3.05) is 18.0 Å². The molecule has 0 N–H and O–H groups in total. The third kappa shape index (κ3) is 3.88. The van der Waals surface area contributed by atoms with Crippen LogP contribution in [0, 0.1) is 11.3 Å². The van der Waals surface area contributed by atoms with Crippen LogP contribution in [-0.4, -0.2) is 31.8 Å². The van der Waals surface area contributed by atoms with Gasteiger partial charge in [0, 0.05) is 38.3 Å². The van der Waals surface area contributed by atoms with Crippen molar-refractivity contribution >= 4 is 27.6 Å². The predicted molar refractivity (Wildman–Crippen MR) is 149 cm³/mol. The van der Waals surface area contributed by atoms with Crippen LogP contribution >= 0.6 is 0 Å². The van der Waals surface area contributed by atoms with Crippen LogP contribution in [0.25, 0.3) is 21.8 Å². The van der Waals surface area contributed by atoms with Gasteiger partial charge in [0.15, 0.2) is 0 Å². The molecule has 1 saturated heterocycles. The third-order valence-corrected chi connectivity index (χ3v) is 7.53. The van der Waals surface area contributed by atoms with E-state index in [4.69, 9.17) is 0 Å². The molecule has 38 heavy (non-hydrogen) atoms. The van der Waals surface area contributed by atoms with Crippen LogP contribution in [0.4, 0.5) is 5.82 Å². The van der Waals surface area contributed by atoms with E-state index in [2.05, 4.69) is 16.0 Å². The molecule has 0 bridgehead atoms. The van der Waals surface area contributed by atoms with Crippen molar-refractivity contribution in [2.45, 2.75) is 32.4 Å². The van der Waals surface area contributed by atoms with Gasteiger partial charge in [-0.25, -0.2) is 4.79 Å². The number of nitrogens with zero attached hydrogens (tertiary/aromatic N) is 6. The van der Waals surface area contributed by atoms with Crippen molar-refractivity contribution in [1.29, 1.82) is 5.26 Å². The fourth-order valence-corrected chi connectivity index (χ4v) is 5.68. The van der Waals surface area contributed by atoms with Crippen molar-refractivity contribution in [3.8, 4) is 6.07 Å². The smallest absolute Gasteiger partial charge is 0.331 e. The first-order chi connectivity index (χ1) is 18.6. The Morgan fingerprint density at radius 1 is 0.868 bits per heavy atom. The summed E-state index contributed by atoms with van der Waals surface area (Å²) in [7, 11) is 1.64. The molecule has 190 valence electrons. The molecule has 1 aliphatic rings. The summed E-state index contributed by atoms with van der Waals surface area (Å²) in [5, 5.41) is 12.2. The van der Waals surface area contributed by atoms with E-state index in [1.54, 1.807) is 13.2 Å². The second-order valence-corrected chi connectivity index (χ2v) is 9.84. The monoisotopic (exact) mass is 504 g/mol. The average molecular weight is 505 g/mol. The number of fused-ring (bicyclic) bond motifs is 2. The standard InChI is InChI=1S/C30H28N6O2/c1-33-26-24(18-31)28(34-16-8-3-9-17-34)35(19-21-10-4-2-5-11-21)27(26)29(37)36(30(33)38)20-25-23-13-7-6-12-22(23)14-15-32-25/h2,4-7,10-15H,3,8-9,16-17,19-20H2,1H3. The second-order valence-electron chi connectivity index (χ2n) is 9.84. The van der Waals surface area contributed by atoms with Crippen LogP contribution in [-0.2, 0) is 20.1 Å². The van der Waals surface area contributed by atoms with Crippen LogP contribution in [0.1, 0.15) is 36.1 Å². The zero-order valence-electron chi connectivity index (χ0n) is 21.3. The third-order valence-electron chi connectivity index (χ3n) is 7.53. The Balaban J connectivity index is 1.63. The number of pyridine rings is 1. The molecule has 3 aromatic heterocycles. The largest absolute Gasteiger partial charge is 0.357 e. The molecule has 0 saturated carbocycles. The summed E-state index contributed by atoms with van der Waals surface area (Å²) in [6, 6.07) is 22.0. The molecule has 8 nitrogen and oxygen atoms in total. The first-order valence-corrected chi connectivity index (χ1v) is 13.0. The van der Waals surface area contributed by atoms with Gasteiger partial charge in [0.1, 0.15) is 23.0 Å². The molecule has 0 amide bonds. The lowest BCUT2D eigenvalue weighted by molar-refractivity contribution is 0.564. The fraction of sp³-hybridized carbons (Fsp3) is 0.267. The number of hydrogen-bond acceptors (Lipinski definition) is 5. The Bertz CT molecular complexity index is 1810. The Morgan fingerprint density at radius 3 is 2.37 bits per heavy atom. The van der Waals surface area contributed by atoms with E-state index in [0.717, 1.165) is 54.5 Å². The van der Waals surface area contributed by atoms with E-state index < -0.39 is 11.2 Å². The number of aryl methyl sites for hydroxylation is 1. The van der Waals surface area contributed by atoms with E-state index >= 15 is 0 Å². The minimum absolute atomic E-state index is 0.0419. The summed E-state index contributed by atoms with van der Waals surface area (Å²) in [6.45, 7) is 2.08. The maximum absolute atomic E-state index is 14.2. The first kappa shape index (κ1) is 23.7. The topological polar surface area (TPSA) is 88.8 Å². The number of nitriles is 1. The highest BCUT2D eigenvalue weighted by Gasteiger charge is 2.29. The van der Waals surface area contributed by atoms with Crippen LogP contribution in [0.2, 0.25) is 0 Å². The molecule has 4 heterocycles. The summed E-state index contributed by atoms with van der Waals surface area (Å²) in [6.07, 6.45) is 4.88. The molecule has 1 aliphatic heterocycles. The van der Waals surface area contributed by atoms with Crippen molar-refractivity contribution in [1.82, 2.24) is 18.7 Å². The van der Waals surface area contributed by atoms with Gasteiger partial charge in [0.2, 0.25) is 0 Å². The van der Waals surface area contributed by atoms with Gasteiger partial charge in [-0.15, -0.1) is 0 Å². The lowest BCUT2D eigenvalue weighted by Crippen LogP contribution is -2.40. The molecule has 0 radical (unpaired) electrons. The van der Waals surface area contributed by atoms with E-state index in [1.807, 2.05) is 65.2 Å². The molecule has 0 atom stereocenters. The van der Waals surface area contributed by atoms with Gasteiger partial charge in [-0.3, -0.25) is 18.9 Å². The summed E-state index contributed by atoms with van der Waals surface area (Å²) in [5.74, 6) is 0.721. The lowest BCUT2D eigenvalue weighted by atomic mass is 10.1. The van der Waals surface area contributed by atoms with Crippen molar-refractivity contribution in [2.24, 2.45) is 7.05 Å². The van der Waals surface area contributed by atoms with E-state index in [0.29, 0.717) is 28.8 Å². The molecule has 1 fully saturated rings. The first-order valence-electron chi connectivity index (χ1n) is 13.0. The summed E-state index contributed by atoms with van der Waals surface area (Å²) in [4.78, 5) is 34.5. The van der Waals surface area contributed by atoms with Gasteiger partial charge in [-0.1, -0.05) is 54.6 Å². The molecular weight excluding hydrogens is 476 g/mol. The molecule has 0 spiro atoms. The van der Waals surface area contributed by atoms with Crippen molar-refractivity contribution in [3.05, 3.63) is 105 Å². The molecule has 8 heteroatoms. The molecule has 5 aromatic rings. The van der Waals surface area contributed by atoms with Crippen LogP contribution in [0.3, 0.4) is 0 Å². The van der Waals surface area contributed by atoms with E-state index in [-0.39, 0.29) is 6.54 Å². The summed E-state index contributed by atoms with van der Waals surface area (Å²) in [5.41, 5.74) is 1.94. The highest BCUT2D eigenvalue weighted by atomic mass is 16.2. The lowest BCUT2D eigenvalue weighted by Gasteiger charge is -2.30. The molecule has 0 aliphatic carbocycles. The highest BCUT2D eigenvalue weighted by Crippen LogP contribution is 2.33. The Morgan fingerprint density at radius 2 is 1.61 bits per heavy atom. The molecular formula is C30H28N6O2. The van der Waals surface area contributed by atoms with Gasteiger partial charge in [0.25, 0.3) is 5.56 Å². The van der Waals surface area contributed by atoms with Gasteiger partial charge in [-0.2, -0.15) is 5.26 Å². The number of anilines is 1. The number of hydrogen-bond donors (Lipinski definition) is 0. The quantitative estimate of drug-likeness (QED) is 0.361.